The molecule has 0 fully saturated rings. The highest BCUT2D eigenvalue weighted by Crippen LogP contribution is 2.34. The Bertz CT molecular complexity index is 893. The fraction of sp³-hybridized carbons (Fsp3) is 0.318. The summed E-state index contributed by atoms with van der Waals surface area (Å²) in [6.45, 7) is 4.16. The van der Waals surface area contributed by atoms with E-state index in [0.29, 0.717) is 28.7 Å². The van der Waals surface area contributed by atoms with Gasteiger partial charge in [0.2, 0.25) is 0 Å². The van der Waals surface area contributed by atoms with E-state index in [4.69, 9.17) is 5.11 Å². The molecule has 0 bridgehead atoms. The Hall–Kier alpha value is -2.75. The molecule has 2 aromatic rings. The van der Waals surface area contributed by atoms with Gasteiger partial charge in [-0.2, -0.15) is 0 Å². The number of hydrogen-bond donors (Lipinski definition) is 1. The van der Waals surface area contributed by atoms with E-state index in [0.717, 1.165) is 18.4 Å². The average Bonchev–Trinajstić information content (AvgIpc) is 2.63. The van der Waals surface area contributed by atoms with Crippen molar-refractivity contribution in [2.45, 2.75) is 44.9 Å². The summed E-state index contributed by atoms with van der Waals surface area (Å²) in [5.74, 6) is -1.00. The summed E-state index contributed by atoms with van der Waals surface area (Å²) in [5, 5.41) is 8.76. The van der Waals surface area contributed by atoms with Crippen LogP contribution >= 0.6 is 0 Å². The highest BCUT2D eigenvalue weighted by molar-refractivity contribution is 6.28. The molecule has 0 heterocycles. The fourth-order valence-electron chi connectivity index (χ4n) is 3.51. The largest absolute Gasteiger partial charge is 0.481 e. The molecular formula is C22H22O4. The van der Waals surface area contributed by atoms with Crippen LogP contribution in [0.1, 0.15) is 76.9 Å². The molecule has 26 heavy (non-hydrogen) atoms. The third kappa shape index (κ3) is 3.32. The molecule has 0 unspecified atom stereocenters. The zero-order chi connectivity index (χ0) is 18.9. The predicted molar refractivity (Wildman–Crippen MR) is 98.9 cm³/mol. The van der Waals surface area contributed by atoms with Gasteiger partial charge in [-0.1, -0.05) is 50.6 Å². The quantitative estimate of drug-likeness (QED) is 0.670. The number of benzene rings is 2. The molecule has 0 radical (unpaired) electrons. The zero-order valence-electron chi connectivity index (χ0n) is 15.0. The number of rotatable bonds is 6. The van der Waals surface area contributed by atoms with Gasteiger partial charge < -0.3 is 5.11 Å². The minimum atomic E-state index is -0.778. The first-order valence-corrected chi connectivity index (χ1v) is 8.86. The molecule has 3 rings (SSSR count). The molecule has 4 nitrogen and oxygen atoms in total. The first kappa shape index (κ1) is 18.1. The third-order valence-corrected chi connectivity index (χ3v) is 5.15. The Morgan fingerprint density at radius 2 is 1.46 bits per heavy atom. The normalized spacial score (nSPS) is 13.3. The summed E-state index contributed by atoms with van der Waals surface area (Å²) in [6.07, 6.45) is 2.42. The Morgan fingerprint density at radius 1 is 0.885 bits per heavy atom. The highest BCUT2D eigenvalue weighted by atomic mass is 16.4. The molecule has 0 atom stereocenters. The standard InChI is InChI=1S/C22H22O4/c1-22(2,12-6-5-9-19(23)24)14-10-11-17-18(13-14)21(26)16-8-4-3-7-15(16)20(17)25/h3-4,7-8,10-11,13H,5-6,9,12H2,1-2H3,(H,23,24). The molecule has 1 aliphatic carbocycles. The maximum Gasteiger partial charge on any atom is 0.303 e. The number of unbranched alkanes of at least 4 members (excludes halogenated alkanes) is 1. The summed E-state index contributed by atoms with van der Waals surface area (Å²) in [6, 6.07) is 12.4. The Labute approximate surface area is 152 Å². The molecule has 134 valence electrons. The Morgan fingerprint density at radius 3 is 2.08 bits per heavy atom. The van der Waals surface area contributed by atoms with Crippen LogP contribution in [0.25, 0.3) is 0 Å². The first-order valence-electron chi connectivity index (χ1n) is 8.86. The molecule has 0 aliphatic heterocycles. The second-order valence-electron chi connectivity index (χ2n) is 7.45. The van der Waals surface area contributed by atoms with E-state index in [2.05, 4.69) is 13.8 Å². The van der Waals surface area contributed by atoms with E-state index in [-0.39, 0.29) is 23.4 Å². The van der Waals surface area contributed by atoms with Crippen molar-refractivity contribution < 1.29 is 19.5 Å². The van der Waals surface area contributed by atoms with Crippen molar-refractivity contribution >= 4 is 17.5 Å². The lowest BCUT2D eigenvalue weighted by Gasteiger charge is -2.27. The van der Waals surface area contributed by atoms with Gasteiger partial charge in [-0.15, -0.1) is 0 Å². The third-order valence-electron chi connectivity index (χ3n) is 5.15. The van der Waals surface area contributed by atoms with Crippen LogP contribution in [-0.4, -0.2) is 22.6 Å². The van der Waals surface area contributed by atoms with Crippen LogP contribution in [0.2, 0.25) is 0 Å². The van der Waals surface area contributed by atoms with E-state index in [1.807, 2.05) is 12.1 Å². The molecule has 0 saturated heterocycles. The molecular weight excluding hydrogens is 328 g/mol. The van der Waals surface area contributed by atoms with E-state index in [9.17, 15) is 14.4 Å². The smallest absolute Gasteiger partial charge is 0.303 e. The number of carboxylic acids is 1. The van der Waals surface area contributed by atoms with Gasteiger partial charge in [0.25, 0.3) is 0 Å². The topological polar surface area (TPSA) is 71.4 Å². The van der Waals surface area contributed by atoms with E-state index in [1.54, 1.807) is 30.3 Å². The minimum absolute atomic E-state index is 0.110. The molecule has 0 saturated carbocycles. The number of fused-ring (bicyclic) bond motifs is 2. The van der Waals surface area contributed by atoms with Crippen molar-refractivity contribution in [1.82, 2.24) is 0 Å². The van der Waals surface area contributed by atoms with E-state index in [1.165, 1.54) is 0 Å². The van der Waals surface area contributed by atoms with E-state index < -0.39 is 5.97 Å². The SMILES string of the molecule is CC(C)(CCCCC(=O)O)c1ccc2c(c1)C(=O)c1ccccc1C2=O. The molecule has 2 aromatic carbocycles. The maximum absolute atomic E-state index is 12.9. The highest BCUT2D eigenvalue weighted by Gasteiger charge is 2.31. The average molecular weight is 350 g/mol. The lowest BCUT2D eigenvalue weighted by Crippen LogP contribution is -2.23. The molecule has 0 amide bonds. The van der Waals surface area contributed by atoms with Gasteiger partial charge in [0.15, 0.2) is 11.6 Å². The predicted octanol–water partition coefficient (Wildman–Crippen LogP) is 4.38. The van der Waals surface area contributed by atoms with Crippen LogP contribution in [0, 0.1) is 0 Å². The molecule has 0 spiro atoms. The Kier molecular flexibility index (Phi) is 4.77. The van der Waals surface area contributed by atoms with Crippen LogP contribution in [0.4, 0.5) is 0 Å². The van der Waals surface area contributed by atoms with Crippen molar-refractivity contribution in [2.75, 3.05) is 0 Å². The van der Waals surface area contributed by atoms with Crippen molar-refractivity contribution in [2.24, 2.45) is 0 Å². The van der Waals surface area contributed by atoms with Gasteiger partial charge in [-0.05, 0) is 36.0 Å². The lowest BCUT2D eigenvalue weighted by molar-refractivity contribution is -0.137. The van der Waals surface area contributed by atoms with Crippen LogP contribution in [-0.2, 0) is 10.2 Å². The fourth-order valence-corrected chi connectivity index (χ4v) is 3.51. The molecule has 1 N–H and O–H groups in total. The van der Waals surface area contributed by atoms with Gasteiger partial charge in [-0.3, -0.25) is 14.4 Å². The summed E-state index contributed by atoms with van der Waals surface area (Å²) in [5.41, 5.74) is 2.64. The number of hydrogen-bond acceptors (Lipinski definition) is 3. The minimum Gasteiger partial charge on any atom is -0.481 e. The van der Waals surface area contributed by atoms with Gasteiger partial charge in [-0.25, -0.2) is 0 Å². The van der Waals surface area contributed by atoms with E-state index >= 15 is 0 Å². The zero-order valence-corrected chi connectivity index (χ0v) is 15.0. The molecule has 1 aliphatic rings. The second kappa shape index (κ2) is 6.87. The van der Waals surface area contributed by atoms with Crippen LogP contribution < -0.4 is 0 Å². The molecule has 0 aromatic heterocycles. The number of carboxylic acid groups (broad SMARTS) is 1. The number of ketones is 2. The summed E-state index contributed by atoms with van der Waals surface area (Å²) in [4.78, 5) is 36.2. The number of carbonyl (C=O) groups is 3. The van der Waals surface area contributed by atoms with Crippen molar-refractivity contribution in [3.05, 3.63) is 70.3 Å². The van der Waals surface area contributed by atoms with Crippen molar-refractivity contribution in [3.8, 4) is 0 Å². The Balaban J connectivity index is 1.88. The van der Waals surface area contributed by atoms with Gasteiger partial charge in [0, 0.05) is 28.7 Å². The van der Waals surface area contributed by atoms with Gasteiger partial charge in [0.1, 0.15) is 0 Å². The summed E-state index contributed by atoms with van der Waals surface area (Å²) in [7, 11) is 0. The van der Waals surface area contributed by atoms with Crippen LogP contribution in [0.15, 0.2) is 42.5 Å². The summed E-state index contributed by atoms with van der Waals surface area (Å²) >= 11 is 0. The lowest BCUT2D eigenvalue weighted by atomic mass is 9.76. The second-order valence-corrected chi connectivity index (χ2v) is 7.45. The first-order chi connectivity index (χ1) is 12.3. The van der Waals surface area contributed by atoms with Crippen molar-refractivity contribution in [3.63, 3.8) is 0 Å². The number of carbonyl (C=O) groups excluding carboxylic acids is 2. The maximum atomic E-state index is 12.9. The molecule has 4 heteroatoms. The van der Waals surface area contributed by atoms with Gasteiger partial charge >= 0.3 is 5.97 Å². The van der Waals surface area contributed by atoms with Crippen molar-refractivity contribution in [1.29, 1.82) is 0 Å². The monoisotopic (exact) mass is 350 g/mol. The van der Waals surface area contributed by atoms with Crippen LogP contribution in [0.5, 0.6) is 0 Å². The number of aliphatic carboxylic acids is 1. The summed E-state index contributed by atoms with van der Waals surface area (Å²) < 4.78 is 0. The van der Waals surface area contributed by atoms with Crippen LogP contribution in [0.3, 0.4) is 0 Å². The van der Waals surface area contributed by atoms with Gasteiger partial charge in [0.05, 0.1) is 0 Å².